The number of alkyl halides is 3. The number of benzene rings is 1. The highest BCUT2D eigenvalue weighted by Gasteiger charge is 2.40. The lowest BCUT2D eigenvalue weighted by Gasteiger charge is -2.34. The molecule has 1 aliphatic carbocycles. The summed E-state index contributed by atoms with van der Waals surface area (Å²) < 4.78 is 56.6. The molecule has 0 spiro atoms. The van der Waals surface area contributed by atoms with E-state index >= 15 is 0 Å². The number of nitrogens with one attached hydrogen (secondary N) is 1. The van der Waals surface area contributed by atoms with Crippen LogP contribution in [0.2, 0.25) is 0 Å². The molecule has 2 atom stereocenters. The predicted molar refractivity (Wildman–Crippen MR) is 104 cm³/mol. The van der Waals surface area contributed by atoms with Gasteiger partial charge in [-0.25, -0.2) is 0 Å². The molecule has 0 unspecified atom stereocenters. The normalized spacial score (nSPS) is 20.6. The quantitative estimate of drug-likeness (QED) is 0.610. The molecule has 0 radical (unpaired) electrons. The molecule has 30 heavy (non-hydrogen) atoms. The minimum absolute atomic E-state index is 0.0265. The van der Waals surface area contributed by atoms with E-state index < -0.39 is 23.9 Å². The summed E-state index contributed by atoms with van der Waals surface area (Å²) in [5.74, 6) is -0.0428. The minimum atomic E-state index is -4.51. The van der Waals surface area contributed by atoms with Gasteiger partial charge in [-0.3, -0.25) is 4.79 Å². The summed E-state index contributed by atoms with van der Waals surface area (Å²) in [6, 6.07) is 3.20. The largest absolute Gasteiger partial charge is 0.493 e. The lowest BCUT2D eigenvalue weighted by molar-refractivity contribution is -0.148. The van der Waals surface area contributed by atoms with Crippen molar-refractivity contribution >= 4 is 5.91 Å². The summed E-state index contributed by atoms with van der Waals surface area (Å²) in [6.07, 6.45) is -2.87. The van der Waals surface area contributed by atoms with Gasteiger partial charge in [0.1, 0.15) is 11.9 Å². The van der Waals surface area contributed by atoms with Crippen molar-refractivity contribution in [2.45, 2.75) is 50.6 Å². The number of rotatable bonds is 9. The first-order chi connectivity index (χ1) is 14.3. The van der Waals surface area contributed by atoms with Gasteiger partial charge in [0.05, 0.1) is 24.8 Å². The molecule has 1 aromatic carbocycles. The first-order valence-electron chi connectivity index (χ1n) is 10.3. The summed E-state index contributed by atoms with van der Waals surface area (Å²) in [7, 11) is 1.55. The molecule has 1 saturated heterocycles. The number of hydrogen-bond donors (Lipinski definition) is 1. The van der Waals surface area contributed by atoms with Crippen LogP contribution in [-0.2, 0) is 20.4 Å². The van der Waals surface area contributed by atoms with Crippen LogP contribution in [0.4, 0.5) is 13.2 Å². The number of morpholine rings is 1. The van der Waals surface area contributed by atoms with E-state index in [1.807, 2.05) is 0 Å². The van der Waals surface area contributed by atoms with E-state index in [0.717, 1.165) is 25.0 Å². The molecule has 3 rings (SSSR count). The zero-order valence-electron chi connectivity index (χ0n) is 17.3. The SMILES string of the molecule is COCCCOc1cc([C@@H](C)N(C(=O)[C@H]2CNCCO2)C2CC2)cc(C(F)(F)F)c1. The number of ether oxygens (including phenoxy) is 3. The molecule has 1 saturated carbocycles. The molecule has 1 amide bonds. The molecule has 1 heterocycles. The first-order valence-corrected chi connectivity index (χ1v) is 10.3. The van der Waals surface area contributed by atoms with Crippen LogP contribution in [-0.4, -0.2) is 63.0 Å². The Morgan fingerprint density at radius 3 is 2.67 bits per heavy atom. The fourth-order valence-electron chi connectivity index (χ4n) is 3.59. The summed E-state index contributed by atoms with van der Waals surface area (Å²) in [5.41, 5.74) is -0.386. The highest BCUT2D eigenvalue weighted by Crippen LogP contribution is 2.39. The van der Waals surface area contributed by atoms with Crippen LogP contribution < -0.4 is 10.1 Å². The van der Waals surface area contributed by atoms with Gasteiger partial charge in [-0.1, -0.05) is 0 Å². The minimum Gasteiger partial charge on any atom is -0.493 e. The molecule has 2 fully saturated rings. The molecule has 1 aliphatic heterocycles. The Morgan fingerprint density at radius 1 is 1.30 bits per heavy atom. The first kappa shape index (κ1) is 22.8. The number of methoxy groups -OCH3 is 1. The van der Waals surface area contributed by atoms with Gasteiger partial charge >= 0.3 is 6.18 Å². The van der Waals surface area contributed by atoms with Gasteiger partial charge in [-0.2, -0.15) is 13.2 Å². The number of amides is 1. The summed E-state index contributed by atoms with van der Waals surface area (Å²) in [5, 5.41) is 3.13. The average Bonchev–Trinajstić information content (AvgIpc) is 3.56. The van der Waals surface area contributed by atoms with E-state index in [2.05, 4.69) is 5.32 Å². The summed E-state index contributed by atoms with van der Waals surface area (Å²) in [4.78, 5) is 14.8. The maximum Gasteiger partial charge on any atom is 0.416 e. The third-order valence-corrected chi connectivity index (χ3v) is 5.32. The maximum atomic E-state index is 13.5. The molecule has 2 aliphatic rings. The second kappa shape index (κ2) is 9.98. The second-order valence-corrected chi connectivity index (χ2v) is 7.70. The number of nitrogens with zero attached hydrogens (tertiary/aromatic N) is 1. The van der Waals surface area contributed by atoms with Gasteiger partial charge in [-0.15, -0.1) is 0 Å². The van der Waals surface area contributed by atoms with Crippen LogP contribution in [0.1, 0.15) is 43.4 Å². The van der Waals surface area contributed by atoms with Crippen LogP contribution in [0.25, 0.3) is 0 Å². The van der Waals surface area contributed by atoms with Crippen LogP contribution in [0.5, 0.6) is 5.75 Å². The Balaban J connectivity index is 1.84. The molecule has 1 aromatic rings. The zero-order chi connectivity index (χ0) is 21.7. The van der Waals surface area contributed by atoms with Gasteiger partial charge < -0.3 is 24.4 Å². The van der Waals surface area contributed by atoms with E-state index in [1.165, 1.54) is 0 Å². The fourth-order valence-corrected chi connectivity index (χ4v) is 3.59. The third kappa shape index (κ3) is 5.86. The van der Waals surface area contributed by atoms with Gasteiger partial charge in [0, 0.05) is 39.3 Å². The Kier molecular flexibility index (Phi) is 7.60. The van der Waals surface area contributed by atoms with E-state index in [4.69, 9.17) is 14.2 Å². The Morgan fingerprint density at radius 2 is 2.07 bits per heavy atom. The molecule has 6 nitrogen and oxygen atoms in total. The molecular formula is C21H29F3N2O4. The summed E-state index contributed by atoms with van der Waals surface area (Å²) >= 11 is 0. The van der Waals surface area contributed by atoms with Crippen LogP contribution in [0.15, 0.2) is 18.2 Å². The number of carbonyl (C=O) groups is 1. The predicted octanol–water partition coefficient (Wildman–Crippen LogP) is 3.16. The Hall–Kier alpha value is -1.84. The van der Waals surface area contributed by atoms with E-state index in [-0.39, 0.29) is 24.3 Å². The van der Waals surface area contributed by atoms with Gasteiger partial charge in [0.15, 0.2) is 0 Å². The van der Waals surface area contributed by atoms with Crippen molar-refractivity contribution in [2.75, 3.05) is 40.0 Å². The van der Waals surface area contributed by atoms with Crippen molar-refractivity contribution in [2.24, 2.45) is 0 Å². The molecule has 0 aromatic heterocycles. The van der Waals surface area contributed by atoms with Gasteiger partial charge in [0.25, 0.3) is 5.91 Å². The molecule has 168 valence electrons. The lowest BCUT2D eigenvalue weighted by atomic mass is 10.0. The lowest BCUT2D eigenvalue weighted by Crippen LogP contribution is -2.50. The van der Waals surface area contributed by atoms with Crippen molar-refractivity contribution in [1.82, 2.24) is 10.2 Å². The highest BCUT2D eigenvalue weighted by molar-refractivity contribution is 5.82. The van der Waals surface area contributed by atoms with Crippen LogP contribution >= 0.6 is 0 Å². The second-order valence-electron chi connectivity index (χ2n) is 7.70. The monoisotopic (exact) mass is 430 g/mol. The smallest absolute Gasteiger partial charge is 0.416 e. The Labute approximate surface area is 174 Å². The molecule has 0 bridgehead atoms. The van der Waals surface area contributed by atoms with Gasteiger partial charge in [-0.05, 0) is 43.5 Å². The Bertz CT molecular complexity index is 719. The zero-order valence-corrected chi connectivity index (χ0v) is 17.3. The van der Waals surface area contributed by atoms with Crippen molar-refractivity contribution in [3.63, 3.8) is 0 Å². The van der Waals surface area contributed by atoms with Crippen LogP contribution in [0, 0.1) is 0 Å². The summed E-state index contributed by atoms with van der Waals surface area (Å²) in [6.45, 7) is 3.99. The standard InChI is InChI=1S/C21H29F3N2O4/c1-14(26(17-4-5-17)20(27)19-13-25-6-9-30-19)15-10-16(21(22,23)24)12-18(11-15)29-8-3-7-28-2/h10-12,14,17,19,25H,3-9,13H2,1-2H3/t14-,19-/m1/s1. The van der Waals surface area contributed by atoms with Crippen LogP contribution in [0.3, 0.4) is 0 Å². The molecular weight excluding hydrogens is 401 g/mol. The van der Waals surface area contributed by atoms with E-state index in [0.29, 0.717) is 38.3 Å². The molecule has 1 N–H and O–H groups in total. The van der Waals surface area contributed by atoms with E-state index in [1.54, 1.807) is 25.0 Å². The molecule has 9 heteroatoms. The van der Waals surface area contributed by atoms with E-state index in [9.17, 15) is 18.0 Å². The highest BCUT2D eigenvalue weighted by atomic mass is 19.4. The fraction of sp³-hybridized carbons (Fsp3) is 0.667. The maximum absolute atomic E-state index is 13.5. The van der Waals surface area contributed by atoms with Crippen molar-refractivity contribution < 1.29 is 32.2 Å². The van der Waals surface area contributed by atoms with Crippen molar-refractivity contribution in [3.8, 4) is 5.75 Å². The van der Waals surface area contributed by atoms with Crippen molar-refractivity contribution in [1.29, 1.82) is 0 Å². The topological polar surface area (TPSA) is 60.0 Å². The van der Waals surface area contributed by atoms with Crippen molar-refractivity contribution in [3.05, 3.63) is 29.3 Å². The number of carbonyl (C=O) groups excluding carboxylic acids is 1. The third-order valence-electron chi connectivity index (χ3n) is 5.32. The number of hydrogen-bond acceptors (Lipinski definition) is 5. The number of halogens is 3. The average molecular weight is 430 g/mol. The van der Waals surface area contributed by atoms with Gasteiger partial charge in [0.2, 0.25) is 0 Å².